The van der Waals surface area contributed by atoms with Crippen molar-refractivity contribution in [3.8, 4) is 0 Å². The third-order valence-electron chi connectivity index (χ3n) is 3.94. The van der Waals surface area contributed by atoms with E-state index in [1.165, 1.54) is 16.7 Å². The Balaban J connectivity index is 1.67. The summed E-state index contributed by atoms with van der Waals surface area (Å²) in [5.74, 6) is -0.0465. The Hall–Kier alpha value is -2.17. The van der Waals surface area contributed by atoms with Crippen LogP contribution in [0.5, 0.6) is 0 Å². The molecule has 0 atom stereocenters. The molecule has 1 aliphatic rings. The monoisotopic (exact) mass is 295 g/mol. The Labute approximate surface area is 130 Å². The zero-order valence-electron chi connectivity index (χ0n) is 12.6. The summed E-state index contributed by atoms with van der Waals surface area (Å²) in [6.45, 7) is 3.74. The van der Waals surface area contributed by atoms with Crippen molar-refractivity contribution in [2.45, 2.75) is 19.6 Å². The first-order valence-electron chi connectivity index (χ1n) is 7.62. The van der Waals surface area contributed by atoms with Gasteiger partial charge in [0.15, 0.2) is 0 Å². The van der Waals surface area contributed by atoms with Crippen LogP contribution in [0.4, 0.5) is 0 Å². The minimum atomic E-state index is -0.0465. The van der Waals surface area contributed by atoms with Gasteiger partial charge in [-0.15, -0.1) is 0 Å². The molecule has 0 unspecified atom stereocenters. The molecule has 22 heavy (non-hydrogen) atoms. The molecule has 4 heteroatoms. The van der Waals surface area contributed by atoms with Crippen LogP contribution in [0.2, 0.25) is 0 Å². The van der Waals surface area contributed by atoms with Crippen LogP contribution in [0.1, 0.15) is 27.0 Å². The lowest BCUT2D eigenvalue weighted by molar-refractivity contribution is 0.0954. The number of benzene rings is 2. The van der Waals surface area contributed by atoms with Crippen LogP contribution in [-0.4, -0.2) is 23.9 Å². The second-order valence-electron chi connectivity index (χ2n) is 5.66. The summed E-state index contributed by atoms with van der Waals surface area (Å²) in [6.07, 6.45) is 0. The number of carbonyl (C=O) groups is 1. The van der Waals surface area contributed by atoms with Gasteiger partial charge in [0.05, 0.1) is 0 Å². The third-order valence-corrected chi connectivity index (χ3v) is 3.94. The molecule has 3 N–H and O–H groups in total. The number of nitrogens with one attached hydrogen (secondary N) is 1. The summed E-state index contributed by atoms with van der Waals surface area (Å²) in [4.78, 5) is 14.4. The van der Waals surface area contributed by atoms with Crippen molar-refractivity contribution in [3.63, 3.8) is 0 Å². The van der Waals surface area contributed by atoms with E-state index < -0.39 is 0 Å². The maximum absolute atomic E-state index is 12.0. The number of fused-ring (bicyclic) bond motifs is 1. The Morgan fingerprint density at radius 1 is 1.09 bits per heavy atom. The highest BCUT2D eigenvalue weighted by molar-refractivity contribution is 5.94. The molecule has 114 valence electrons. The van der Waals surface area contributed by atoms with E-state index in [-0.39, 0.29) is 5.91 Å². The highest BCUT2D eigenvalue weighted by Crippen LogP contribution is 2.25. The Morgan fingerprint density at radius 2 is 1.86 bits per heavy atom. The predicted molar refractivity (Wildman–Crippen MR) is 87.2 cm³/mol. The van der Waals surface area contributed by atoms with E-state index in [1.54, 1.807) is 0 Å². The molecule has 0 saturated carbocycles. The number of hydrogen-bond acceptors (Lipinski definition) is 3. The van der Waals surface area contributed by atoms with E-state index in [0.29, 0.717) is 18.7 Å². The second-order valence-corrected chi connectivity index (χ2v) is 5.66. The van der Waals surface area contributed by atoms with Crippen molar-refractivity contribution in [1.82, 2.24) is 10.2 Å². The van der Waals surface area contributed by atoms with Gasteiger partial charge in [0.2, 0.25) is 0 Å². The van der Waals surface area contributed by atoms with Gasteiger partial charge in [-0.2, -0.15) is 0 Å². The van der Waals surface area contributed by atoms with Gasteiger partial charge in [0, 0.05) is 38.3 Å². The number of amides is 1. The molecule has 1 aliphatic heterocycles. The number of rotatable bonds is 5. The summed E-state index contributed by atoms with van der Waals surface area (Å²) in [5.41, 5.74) is 10.0. The van der Waals surface area contributed by atoms with Crippen molar-refractivity contribution in [2.24, 2.45) is 5.73 Å². The summed E-state index contributed by atoms with van der Waals surface area (Å²) in [5, 5.41) is 2.81. The molecule has 0 saturated heterocycles. The minimum absolute atomic E-state index is 0.0465. The molecular weight excluding hydrogens is 274 g/mol. The summed E-state index contributed by atoms with van der Waals surface area (Å²) in [7, 11) is 0. The van der Waals surface area contributed by atoms with Crippen molar-refractivity contribution in [3.05, 3.63) is 70.8 Å². The van der Waals surface area contributed by atoms with E-state index in [9.17, 15) is 4.79 Å². The van der Waals surface area contributed by atoms with E-state index in [2.05, 4.69) is 40.5 Å². The molecule has 0 aliphatic carbocycles. The fourth-order valence-electron chi connectivity index (χ4n) is 2.85. The molecule has 0 radical (unpaired) electrons. The van der Waals surface area contributed by atoms with E-state index >= 15 is 0 Å². The smallest absolute Gasteiger partial charge is 0.251 e. The highest BCUT2D eigenvalue weighted by Gasteiger charge is 2.20. The summed E-state index contributed by atoms with van der Waals surface area (Å²) >= 11 is 0. The average Bonchev–Trinajstić information content (AvgIpc) is 2.94. The quantitative estimate of drug-likeness (QED) is 0.885. The molecule has 0 spiro atoms. The summed E-state index contributed by atoms with van der Waals surface area (Å²) in [6, 6.07) is 16.4. The van der Waals surface area contributed by atoms with Gasteiger partial charge >= 0.3 is 0 Å². The fourth-order valence-corrected chi connectivity index (χ4v) is 2.85. The van der Waals surface area contributed by atoms with Gasteiger partial charge in [0.1, 0.15) is 0 Å². The van der Waals surface area contributed by atoms with E-state index in [0.717, 1.165) is 19.6 Å². The van der Waals surface area contributed by atoms with Crippen LogP contribution >= 0.6 is 0 Å². The molecule has 2 aromatic rings. The van der Waals surface area contributed by atoms with Crippen LogP contribution < -0.4 is 11.1 Å². The SMILES string of the molecule is NCCNC(=O)c1ccc2c(c1)CN(Cc1ccccc1)C2. The predicted octanol–water partition coefficient (Wildman–Crippen LogP) is 1.89. The second kappa shape index (κ2) is 6.73. The van der Waals surface area contributed by atoms with Crippen molar-refractivity contribution in [2.75, 3.05) is 13.1 Å². The van der Waals surface area contributed by atoms with Crippen LogP contribution in [0.3, 0.4) is 0 Å². The minimum Gasteiger partial charge on any atom is -0.351 e. The topological polar surface area (TPSA) is 58.4 Å². The van der Waals surface area contributed by atoms with Crippen molar-refractivity contribution >= 4 is 5.91 Å². The average molecular weight is 295 g/mol. The number of hydrogen-bond donors (Lipinski definition) is 2. The normalized spacial score (nSPS) is 13.9. The Morgan fingerprint density at radius 3 is 2.64 bits per heavy atom. The first-order chi connectivity index (χ1) is 10.8. The largest absolute Gasteiger partial charge is 0.351 e. The fraction of sp³-hybridized carbons (Fsp3) is 0.278. The number of carbonyl (C=O) groups excluding carboxylic acids is 1. The molecule has 1 heterocycles. The molecule has 0 aromatic heterocycles. The van der Waals surface area contributed by atoms with E-state index in [1.807, 2.05) is 18.2 Å². The maximum atomic E-state index is 12.0. The zero-order valence-corrected chi connectivity index (χ0v) is 12.6. The number of nitrogens with zero attached hydrogens (tertiary/aromatic N) is 1. The van der Waals surface area contributed by atoms with Crippen molar-refractivity contribution < 1.29 is 4.79 Å². The van der Waals surface area contributed by atoms with Gasteiger partial charge in [-0.05, 0) is 28.8 Å². The maximum Gasteiger partial charge on any atom is 0.251 e. The molecule has 0 fully saturated rings. The first-order valence-corrected chi connectivity index (χ1v) is 7.62. The zero-order chi connectivity index (χ0) is 15.4. The molecule has 2 aromatic carbocycles. The lowest BCUT2D eigenvalue weighted by atomic mass is 10.1. The third kappa shape index (κ3) is 3.35. The van der Waals surface area contributed by atoms with E-state index in [4.69, 9.17) is 5.73 Å². The van der Waals surface area contributed by atoms with Gasteiger partial charge in [-0.25, -0.2) is 0 Å². The van der Waals surface area contributed by atoms with Crippen LogP contribution in [-0.2, 0) is 19.6 Å². The van der Waals surface area contributed by atoms with Gasteiger partial charge in [0.25, 0.3) is 5.91 Å². The van der Waals surface area contributed by atoms with Crippen LogP contribution in [0, 0.1) is 0 Å². The number of nitrogens with two attached hydrogens (primary N) is 1. The summed E-state index contributed by atoms with van der Waals surface area (Å²) < 4.78 is 0. The van der Waals surface area contributed by atoms with Crippen molar-refractivity contribution in [1.29, 1.82) is 0 Å². The molecule has 1 amide bonds. The molecule has 0 bridgehead atoms. The lowest BCUT2D eigenvalue weighted by Gasteiger charge is -2.14. The lowest BCUT2D eigenvalue weighted by Crippen LogP contribution is -2.29. The molecule has 3 rings (SSSR count). The first kappa shape index (κ1) is 14.8. The van der Waals surface area contributed by atoms with Gasteiger partial charge in [-0.1, -0.05) is 36.4 Å². The Kier molecular flexibility index (Phi) is 4.51. The highest BCUT2D eigenvalue weighted by atomic mass is 16.1. The standard InChI is InChI=1S/C18H21N3O/c19-8-9-20-18(22)15-6-7-16-12-21(13-17(16)10-15)11-14-4-2-1-3-5-14/h1-7,10H,8-9,11-13,19H2,(H,20,22). The van der Waals surface area contributed by atoms with Gasteiger partial charge in [-0.3, -0.25) is 9.69 Å². The molecular formula is C18H21N3O. The molecule has 4 nitrogen and oxygen atoms in total. The Bertz CT molecular complexity index is 655. The van der Waals surface area contributed by atoms with Gasteiger partial charge < -0.3 is 11.1 Å². The van der Waals surface area contributed by atoms with Crippen LogP contribution in [0.15, 0.2) is 48.5 Å². The van der Waals surface area contributed by atoms with Crippen LogP contribution in [0.25, 0.3) is 0 Å².